The highest BCUT2D eigenvalue weighted by Crippen LogP contribution is 2.64. The van der Waals surface area contributed by atoms with Crippen molar-refractivity contribution in [3.8, 4) is 0 Å². The van der Waals surface area contributed by atoms with Gasteiger partial charge in [0.25, 0.3) is 0 Å². The average Bonchev–Trinajstić information content (AvgIpc) is 3.17. The van der Waals surface area contributed by atoms with E-state index in [0.29, 0.717) is 5.56 Å². The summed E-state index contributed by atoms with van der Waals surface area (Å²) in [6, 6.07) is 13.0. The molecule has 0 unspecified atom stereocenters. The molecule has 3 fully saturated rings. The predicted octanol–water partition coefficient (Wildman–Crippen LogP) is 4.29. The maximum Gasteiger partial charge on any atom is 0.408 e. The lowest BCUT2D eigenvalue weighted by atomic mass is 9.44. The third-order valence-corrected chi connectivity index (χ3v) is 13.2. The molecule has 1 aliphatic heterocycles. The minimum atomic E-state index is -2.37. The molecule has 5 N–H and O–H groups in total. The Labute approximate surface area is 355 Å². The van der Waals surface area contributed by atoms with Crippen molar-refractivity contribution in [3.63, 3.8) is 0 Å². The highest BCUT2D eigenvalue weighted by atomic mass is 16.6. The van der Waals surface area contributed by atoms with Crippen LogP contribution in [-0.2, 0) is 38.1 Å². The molecule has 15 nitrogen and oxygen atoms in total. The molecule has 15 heteroatoms. The van der Waals surface area contributed by atoms with Crippen LogP contribution in [0.1, 0.15) is 103 Å². The second-order valence-electron chi connectivity index (χ2n) is 18.6. The molecule has 0 radical (unpaired) electrons. The minimum absolute atomic E-state index is 0.0708. The number of Topliss-reactive ketones (excluding diaryl/α,β-unsaturated/α-hetero) is 1. The summed E-state index contributed by atoms with van der Waals surface area (Å²) in [4.78, 5) is 69.4. The standard InChI is InChI=1S/C46H57NO14/c1-23(2)26-16-18-27(19-17-26)33(47-41(55)61-42(5,6)7)35(51)40(54)58-29-21-46(56)38(59-39(53)28-14-12-11-13-15-28)36-44(10,37(52)34(50)32(24(29)3)43(46,8)9)30(49)20-31-45(36,22-57-31)60-25(4)48/h11-19,29-31,33-36,38,49-51,56H,1,20-22H2,2-10H3,(H,47,55)/t29-,30-,31+,33-,34+,35+,36-,38-,44+,45-,46+/m0/s1. The molecule has 11 atom stereocenters. The topological polar surface area (TPSA) is 224 Å². The lowest BCUT2D eigenvalue weighted by Gasteiger charge is -2.67. The summed E-state index contributed by atoms with van der Waals surface area (Å²) >= 11 is 0. The highest BCUT2D eigenvalue weighted by Gasteiger charge is 2.78. The molecule has 2 saturated carbocycles. The first kappa shape index (κ1) is 45.6. The Morgan fingerprint density at radius 1 is 0.951 bits per heavy atom. The van der Waals surface area contributed by atoms with Crippen LogP contribution in [0.25, 0.3) is 5.57 Å². The Bertz CT molecular complexity index is 2120. The molecule has 0 spiro atoms. The Balaban J connectivity index is 1.48. The number of alkyl carbamates (subject to hydrolysis) is 1. The molecule has 330 valence electrons. The van der Waals surface area contributed by atoms with Crippen LogP contribution in [0.3, 0.4) is 0 Å². The van der Waals surface area contributed by atoms with Crippen LogP contribution in [-0.4, -0.2) is 110 Å². The van der Waals surface area contributed by atoms with E-state index in [0.717, 1.165) is 18.1 Å². The third kappa shape index (κ3) is 7.79. The fourth-order valence-electron chi connectivity index (χ4n) is 9.87. The molecular weight excluding hydrogens is 790 g/mol. The summed E-state index contributed by atoms with van der Waals surface area (Å²) < 4.78 is 29.7. The molecule has 1 heterocycles. The van der Waals surface area contributed by atoms with Gasteiger partial charge in [-0.25, -0.2) is 14.4 Å². The maximum atomic E-state index is 15.0. The van der Waals surface area contributed by atoms with E-state index >= 15 is 4.79 Å². The van der Waals surface area contributed by atoms with Crippen molar-refractivity contribution in [2.24, 2.45) is 16.7 Å². The first-order chi connectivity index (χ1) is 28.3. The fraction of sp³-hybridized carbons (Fsp3) is 0.543. The number of ether oxygens (including phenoxy) is 5. The van der Waals surface area contributed by atoms with E-state index in [4.69, 9.17) is 23.7 Å². The summed E-state index contributed by atoms with van der Waals surface area (Å²) in [6.45, 7) is 17.5. The van der Waals surface area contributed by atoms with Gasteiger partial charge in [0.05, 0.1) is 35.6 Å². The summed E-state index contributed by atoms with van der Waals surface area (Å²) in [5, 5.41) is 51.9. The van der Waals surface area contributed by atoms with E-state index in [1.54, 1.807) is 84.0 Å². The number of benzene rings is 2. The molecule has 6 rings (SSSR count). The number of aliphatic hydroxyl groups excluding tert-OH is 3. The van der Waals surface area contributed by atoms with Crippen LogP contribution in [0, 0.1) is 16.7 Å². The van der Waals surface area contributed by atoms with Crippen molar-refractivity contribution in [2.75, 3.05) is 6.61 Å². The monoisotopic (exact) mass is 847 g/mol. The molecule has 2 bridgehead atoms. The molecule has 0 aromatic heterocycles. The number of carbonyl (C=O) groups is 5. The number of amides is 1. The molecule has 3 aliphatic carbocycles. The smallest absolute Gasteiger partial charge is 0.408 e. The van der Waals surface area contributed by atoms with E-state index in [9.17, 15) is 39.6 Å². The Morgan fingerprint density at radius 3 is 2.11 bits per heavy atom. The van der Waals surface area contributed by atoms with Gasteiger partial charge in [0.15, 0.2) is 17.5 Å². The van der Waals surface area contributed by atoms with Crippen molar-refractivity contribution in [1.82, 2.24) is 5.32 Å². The van der Waals surface area contributed by atoms with Crippen LogP contribution in [0.15, 0.2) is 72.3 Å². The minimum Gasteiger partial charge on any atom is -0.456 e. The van der Waals surface area contributed by atoms with E-state index in [1.165, 1.54) is 26.0 Å². The molecule has 4 aliphatic rings. The van der Waals surface area contributed by atoms with Crippen molar-refractivity contribution in [2.45, 2.75) is 135 Å². The normalized spacial score (nSPS) is 32.6. The number of hydrogen-bond acceptors (Lipinski definition) is 14. The second-order valence-corrected chi connectivity index (χ2v) is 18.6. The van der Waals surface area contributed by atoms with Gasteiger partial charge in [0.1, 0.15) is 35.6 Å². The van der Waals surface area contributed by atoms with Crippen LogP contribution in [0.4, 0.5) is 4.79 Å². The Kier molecular flexibility index (Phi) is 12.0. The molecule has 61 heavy (non-hydrogen) atoms. The van der Waals surface area contributed by atoms with Gasteiger partial charge in [-0.05, 0) is 75.9 Å². The van der Waals surface area contributed by atoms with E-state index in [1.807, 2.05) is 0 Å². The number of nitrogens with one attached hydrogen (secondary N) is 1. The quantitative estimate of drug-likeness (QED) is 0.135. The van der Waals surface area contributed by atoms with E-state index < -0.39 is 112 Å². The van der Waals surface area contributed by atoms with Crippen molar-refractivity contribution in [1.29, 1.82) is 0 Å². The van der Waals surface area contributed by atoms with Gasteiger partial charge in [0.2, 0.25) is 0 Å². The van der Waals surface area contributed by atoms with E-state index in [-0.39, 0.29) is 29.7 Å². The van der Waals surface area contributed by atoms with Crippen molar-refractivity contribution < 1.29 is 68.1 Å². The number of esters is 3. The van der Waals surface area contributed by atoms with Gasteiger partial charge in [-0.15, -0.1) is 0 Å². The highest BCUT2D eigenvalue weighted by molar-refractivity contribution is 5.94. The number of allylic oxidation sites excluding steroid dienone is 1. The number of aliphatic hydroxyl groups is 4. The number of carbonyl (C=O) groups excluding carboxylic acids is 5. The molecule has 1 saturated heterocycles. The van der Waals surface area contributed by atoms with Crippen LogP contribution in [0.2, 0.25) is 0 Å². The van der Waals surface area contributed by atoms with Gasteiger partial charge < -0.3 is 49.4 Å². The van der Waals surface area contributed by atoms with Gasteiger partial charge in [0, 0.05) is 25.2 Å². The first-order valence-corrected chi connectivity index (χ1v) is 20.3. The zero-order chi connectivity index (χ0) is 45.2. The van der Waals surface area contributed by atoms with Crippen molar-refractivity contribution in [3.05, 3.63) is 89.0 Å². The van der Waals surface area contributed by atoms with Crippen LogP contribution in [0.5, 0.6) is 0 Å². The zero-order valence-corrected chi connectivity index (χ0v) is 36.0. The lowest BCUT2D eigenvalue weighted by molar-refractivity contribution is -0.346. The summed E-state index contributed by atoms with van der Waals surface area (Å²) in [5.41, 5.74) is -6.73. The Morgan fingerprint density at radius 2 is 1.57 bits per heavy atom. The Hall–Kier alpha value is -4.93. The van der Waals surface area contributed by atoms with Gasteiger partial charge in [-0.1, -0.05) is 68.5 Å². The number of ketones is 1. The summed E-state index contributed by atoms with van der Waals surface area (Å²) in [6.07, 6.45) is -11.6. The largest absolute Gasteiger partial charge is 0.456 e. The fourth-order valence-corrected chi connectivity index (χ4v) is 9.87. The van der Waals surface area contributed by atoms with Crippen molar-refractivity contribution >= 4 is 35.4 Å². The first-order valence-electron chi connectivity index (χ1n) is 20.3. The molecule has 1 amide bonds. The second kappa shape index (κ2) is 16.1. The number of fused-ring (bicyclic) bond motifs is 5. The number of rotatable bonds is 9. The molecule has 2 aromatic rings. The van der Waals surface area contributed by atoms with E-state index in [2.05, 4.69) is 11.9 Å². The van der Waals surface area contributed by atoms with Gasteiger partial charge in [-0.3, -0.25) is 9.59 Å². The molecular formula is C46H57NO14. The summed E-state index contributed by atoms with van der Waals surface area (Å²) in [7, 11) is 0. The third-order valence-electron chi connectivity index (χ3n) is 13.2. The van der Waals surface area contributed by atoms with Gasteiger partial charge in [-0.2, -0.15) is 0 Å². The predicted molar refractivity (Wildman–Crippen MR) is 218 cm³/mol. The van der Waals surface area contributed by atoms with Crippen LogP contribution < -0.4 is 5.32 Å². The summed E-state index contributed by atoms with van der Waals surface area (Å²) in [5.74, 6) is -5.40. The number of hydrogen-bond donors (Lipinski definition) is 5. The lowest BCUT2D eigenvalue weighted by Crippen LogP contribution is -2.81. The zero-order valence-electron chi connectivity index (χ0n) is 36.0. The van der Waals surface area contributed by atoms with Crippen LogP contribution >= 0.6 is 0 Å². The molecule has 2 aromatic carbocycles. The SMILES string of the molecule is C=C(C)c1ccc([C@H](NC(=O)OC(C)(C)C)[C@@H](O)C(=O)O[C@H]2C[C@@]3(O)[C@@H](OC(=O)c4ccccc4)[C@@H]4[C@]5(OC(C)=O)CO[C@@H]5C[C@H](O)[C@@]4(C)C(=O)[C@H](O)C(=C2C)C3(C)C)cc1. The average molecular weight is 848 g/mol. The van der Waals surface area contributed by atoms with Gasteiger partial charge >= 0.3 is 24.0 Å². The maximum absolute atomic E-state index is 15.0.